The van der Waals surface area contributed by atoms with Crippen molar-refractivity contribution < 1.29 is 4.74 Å². The third kappa shape index (κ3) is 4.57. The monoisotopic (exact) mass is 339 g/mol. The highest BCUT2D eigenvalue weighted by atomic mass is 79.9. The summed E-state index contributed by atoms with van der Waals surface area (Å²) >= 11 is 3.59. The summed E-state index contributed by atoms with van der Waals surface area (Å²) in [6, 6.07) is 8.31. The van der Waals surface area contributed by atoms with Crippen LogP contribution in [0, 0.1) is 0 Å². The van der Waals surface area contributed by atoms with Gasteiger partial charge in [-0.2, -0.15) is 0 Å². The van der Waals surface area contributed by atoms with Crippen molar-refractivity contribution in [1.82, 2.24) is 5.32 Å². The number of hydrogen-bond acceptors (Lipinski definition) is 2. The van der Waals surface area contributed by atoms with Crippen LogP contribution < -0.4 is 5.32 Å². The molecule has 1 N–H and O–H groups in total. The van der Waals surface area contributed by atoms with Crippen molar-refractivity contribution in [2.24, 2.45) is 0 Å². The Morgan fingerprint density at radius 1 is 1.25 bits per heavy atom. The first kappa shape index (κ1) is 16.0. The molecule has 2 nitrogen and oxygen atoms in total. The molecule has 0 aliphatic heterocycles. The predicted octanol–water partition coefficient (Wildman–Crippen LogP) is 4.67. The van der Waals surface area contributed by atoms with E-state index >= 15 is 0 Å². The summed E-state index contributed by atoms with van der Waals surface area (Å²) in [6.45, 7) is 8.36. The Kier molecular flexibility index (Phi) is 5.27. The Hall–Kier alpha value is -0.380. The maximum absolute atomic E-state index is 6.28. The zero-order valence-electron chi connectivity index (χ0n) is 12.8. The molecule has 112 valence electrons. The summed E-state index contributed by atoms with van der Waals surface area (Å²) < 4.78 is 7.42. The van der Waals surface area contributed by atoms with E-state index in [1.807, 2.05) is 6.07 Å². The maximum Gasteiger partial charge on any atom is 0.0735 e. The molecule has 0 bridgehead atoms. The molecular formula is C17H26BrNO. The van der Waals surface area contributed by atoms with Crippen LogP contribution in [0.15, 0.2) is 28.7 Å². The van der Waals surface area contributed by atoms with Gasteiger partial charge in [-0.05, 0) is 64.6 Å². The number of benzene rings is 1. The average molecular weight is 340 g/mol. The molecule has 0 aromatic heterocycles. The molecule has 1 aliphatic carbocycles. The summed E-state index contributed by atoms with van der Waals surface area (Å²) in [7, 11) is 0. The molecule has 2 rings (SSSR count). The second-order valence-electron chi connectivity index (χ2n) is 6.84. The van der Waals surface area contributed by atoms with Crippen LogP contribution >= 0.6 is 15.9 Å². The van der Waals surface area contributed by atoms with Gasteiger partial charge in [-0.3, -0.25) is 0 Å². The van der Waals surface area contributed by atoms with Gasteiger partial charge in [-0.25, -0.2) is 0 Å². The second-order valence-corrected chi connectivity index (χ2v) is 7.70. The Bertz CT molecular complexity index is 435. The third-order valence-corrected chi connectivity index (χ3v) is 4.77. The smallest absolute Gasteiger partial charge is 0.0735 e. The minimum Gasteiger partial charge on any atom is -0.370 e. The summed E-state index contributed by atoms with van der Waals surface area (Å²) in [5.74, 6) is 0. The van der Waals surface area contributed by atoms with Crippen LogP contribution in [0.25, 0.3) is 0 Å². The van der Waals surface area contributed by atoms with Gasteiger partial charge >= 0.3 is 0 Å². The first-order valence-corrected chi connectivity index (χ1v) is 8.32. The van der Waals surface area contributed by atoms with Crippen molar-refractivity contribution in [2.45, 2.75) is 64.2 Å². The van der Waals surface area contributed by atoms with Crippen LogP contribution in [0.2, 0.25) is 0 Å². The highest BCUT2D eigenvalue weighted by Crippen LogP contribution is 2.39. The lowest BCUT2D eigenvalue weighted by Gasteiger charge is -2.42. The van der Waals surface area contributed by atoms with Crippen molar-refractivity contribution in [1.29, 1.82) is 0 Å². The number of ether oxygens (including phenoxy) is 1. The van der Waals surface area contributed by atoms with Gasteiger partial charge in [-0.1, -0.05) is 34.1 Å². The minimum atomic E-state index is 0.105. The number of halogens is 1. The molecule has 1 aromatic carbocycles. The normalized spacial score (nSPS) is 17.8. The van der Waals surface area contributed by atoms with E-state index in [4.69, 9.17) is 4.74 Å². The van der Waals surface area contributed by atoms with E-state index in [1.165, 1.54) is 24.8 Å². The Balaban J connectivity index is 1.84. The molecule has 0 atom stereocenters. The van der Waals surface area contributed by atoms with Crippen LogP contribution in [-0.2, 0) is 11.3 Å². The summed E-state index contributed by atoms with van der Waals surface area (Å²) in [5, 5.41) is 3.57. The van der Waals surface area contributed by atoms with Crippen LogP contribution in [0.1, 0.15) is 52.0 Å². The fourth-order valence-electron chi connectivity index (χ4n) is 2.55. The molecule has 1 saturated carbocycles. The van der Waals surface area contributed by atoms with Crippen molar-refractivity contribution in [3.63, 3.8) is 0 Å². The molecular weight excluding hydrogens is 314 g/mol. The van der Waals surface area contributed by atoms with Crippen molar-refractivity contribution in [3.05, 3.63) is 34.3 Å². The molecule has 1 fully saturated rings. The minimum absolute atomic E-state index is 0.105. The molecule has 0 spiro atoms. The Labute approximate surface area is 131 Å². The lowest BCUT2D eigenvalue weighted by Crippen LogP contribution is -2.45. The number of nitrogens with one attached hydrogen (secondary N) is 1. The molecule has 0 unspecified atom stereocenters. The fourth-order valence-corrected chi connectivity index (χ4v) is 2.95. The zero-order valence-corrected chi connectivity index (χ0v) is 14.4. The summed E-state index contributed by atoms with van der Waals surface area (Å²) in [4.78, 5) is 0. The predicted molar refractivity (Wildman–Crippen MR) is 87.9 cm³/mol. The fraction of sp³-hybridized carbons (Fsp3) is 0.647. The molecule has 3 heteroatoms. The van der Waals surface area contributed by atoms with E-state index in [9.17, 15) is 0 Å². The van der Waals surface area contributed by atoms with Gasteiger partial charge in [0.15, 0.2) is 0 Å². The Morgan fingerprint density at radius 2 is 1.95 bits per heavy atom. The summed E-state index contributed by atoms with van der Waals surface area (Å²) in [6.07, 6.45) is 4.80. The van der Waals surface area contributed by atoms with Crippen LogP contribution in [0.4, 0.5) is 0 Å². The topological polar surface area (TPSA) is 21.3 Å². The number of rotatable bonds is 6. The van der Waals surface area contributed by atoms with Crippen LogP contribution in [-0.4, -0.2) is 17.7 Å². The van der Waals surface area contributed by atoms with Gasteiger partial charge in [0.2, 0.25) is 0 Å². The number of hydrogen-bond donors (Lipinski definition) is 1. The largest absolute Gasteiger partial charge is 0.370 e. The highest BCUT2D eigenvalue weighted by molar-refractivity contribution is 9.10. The van der Waals surface area contributed by atoms with Crippen LogP contribution in [0.5, 0.6) is 0 Å². The maximum atomic E-state index is 6.28. The molecule has 0 heterocycles. The third-order valence-electron chi connectivity index (χ3n) is 3.99. The van der Waals surface area contributed by atoms with E-state index < -0.39 is 0 Å². The molecule has 0 radical (unpaired) electrons. The van der Waals surface area contributed by atoms with Gasteiger partial charge in [0.1, 0.15) is 0 Å². The van der Waals surface area contributed by atoms with E-state index in [1.54, 1.807) is 0 Å². The Morgan fingerprint density at radius 3 is 2.50 bits per heavy atom. The first-order valence-electron chi connectivity index (χ1n) is 7.53. The van der Waals surface area contributed by atoms with Crippen molar-refractivity contribution in [2.75, 3.05) is 6.54 Å². The van der Waals surface area contributed by atoms with Crippen molar-refractivity contribution >= 4 is 15.9 Å². The van der Waals surface area contributed by atoms with Gasteiger partial charge in [0.25, 0.3) is 0 Å². The molecule has 1 aliphatic rings. The summed E-state index contributed by atoms with van der Waals surface area (Å²) in [5.41, 5.74) is 1.53. The van der Waals surface area contributed by atoms with E-state index in [0.717, 1.165) is 17.4 Å². The van der Waals surface area contributed by atoms with Gasteiger partial charge in [-0.15, -0.1) is 0 Å². The van der Waals surface area contributed by atoms with E-state index in [0.29, 0.717) is 6.61 Å². The first-order chi connectivity index (χ1) is 9.40. The SMILES string of the molecule is CC(C)(C)NCCC1(OCc2ccccc2Br)CCC1. The van der Waals surface area contributed by atoms with Crippen LogP contribution in [0.3, 0.4) is 0 Å². The lowest BCUT2D eigenvalue weighted by molar-refractivity contribution is -0.114. The molecule has 1 aromatic rings. The lowest BCUT2D eigenvalue weighted by atomic mass is 9.77. The average Bonchev–Trinajstić information content (AvgIpc) is 2.32. The standard InChI is InChI=1S/C17H26BrNO/c1-16(2,3)19-12-11-17(9-6-10-17)20-13-14-7-4-5-8-15(14)18/h4-5,7-8,19H,6,9-13H2,1-3H3. The molecule has 0 saturated heterocycles. The molecule has 0 amide bonds. The molecule has 20 heavy (non-hydrogen) atoms. The quantitative estimate of drug-likeness (QED) is 0.813. The van der Waals surface area contributed by atoms with Crippen molar-refractivity contribution in [3.8, 4) is 0 Å². The highest BCUT2D eigenvalue weighted by Gasteiger charge is 2.37. The van der Waals surface area contributed by atoms with Gasteiger partial charge in [0, 0.05) is 10.0 Å². The van der Waals surface area contributed by atoms with Gasteiger partial charge < -0.3 is 10.1 Å². The van der Waals surface area contributed by atoms with Gasteiger partial charge in [0.05, 0.1) is 12.2 Å². The van der Waals surface area contributed by atoms with E-state index in [2.05, 4.69) is 60.2 Å². The second kappa shape index (κ2) is 6.59. The van der Waals surface area contributed by atoms with E-state index in [-0.39, 0.29) is 11.1 Å². The zero-order chi connectivity index (χ0) is 14.6.